The van der Waals surface area contributed by atoms with E-state index in [2.05, 4.69) is 31.2 Å². The maximum absolute atomic E-state index is 5.85. The summed E-state index contributed by atoms with van der Waals surface area (Å²) in [6.45, 7) is 0.0988. The normalized spacial score (nSPS) is 11.0. The molecular formula is C16H11BrClN3O2. The Hall–Kier alpha value is -2.18. The van der Waals surface area contributed by atoms with Crippen LogP contribution in [0.25, 0.3) is 11.4 Å². The molecule has 0 amide bonds. The van der Waals surface area contributed by atoms with Crippen LogP contribution in [0.15, 0.2) is 62.7 Å². The number of rotatable bonds is 5. The molecule has 1 aromatic heterocycles. The second kappa shape index (κ2) is 7.39. The summed E-state index contributed by atoms with van der Waals surface area (Å²) in [6.07, 6.45) is 1.61. The third-order valence-electron chi connectivity index (χ3n) is 2.93. The van der Waals surface area contributed by atoms with E-state index in [1.54, 1.807) is 18.3 Å². The molecule has 0 radical (unpaired) electrons. The molecule has 7 heteroatoms. The molecule has 0 spiro atoms. The lowest BCUT2D eigenvalue weighted by Gasteiger charge is -1.96. The van der Waals surface area contributed by atoms with E-state index in [-0.39, 0.29) is 6.61 Å². The highest BCUT2D eigenvalue weighted by Gasteiger charge is 2.08. The van der Waals surface area contributed by atoms with Crippen LogP contribution < -0.4 is 0 Å². The summed E-state index contributed by atoms with van der Waals surface area (Å²) in [5, 5.41) is 8.44. The smallest absolute Gasteiger partial charge is 0.267 e. The van der Waals surface area contributed by atoms with Gasteiger partial charge in [-0.2, -0.15) is 4.98 Å². The van der Waals surface area contributed by atoms with Gasteiger partial charge in [-0.1, -0.05) is 56.0 Å². The first kappa shape index (κ1) is 15.7. The molecule has 1 heterocycles. The van der Waals surface area contributed by atoms with E-state index in [0.717, 1.165) is 15.6 Å². The highest BCUT2D eigenvalue weighted by atomic mass is 79.9. The Bertz CT molecular complexity index is 818. The summed E-state index contributed by atoms with van der Waals surface area (Å²) >= 11 is 9.28. The van der Waals surface area contributed by atoms with E-state index >= 15 is 0 Å². The highest BCUT2D eigenvalue weighted by molar-refractivity contribution is 9.10. The topological polar surface area (TPSA) is 60.5 Å². The van der Waals surface area contributed by atoms with E-state index in [1.165, 1.54) is 0 Å². The number of benzene rings is 2. The predicted molar refractivity (Wildman–Crippen MR) is 91.3 cm³/mol. The van der Waals surface area contributed by atoms with Crippen molar-refractivity contribution in [3.63, 3.8) is 0 Å². The van der Waals surface area contributed by atoms with Crippen molar-refractivity contribution in [1.29, 1.82) is 0 Å². The minimum atomic E-state index is 0.0988. The third-order valence-corrected chi connectivity index (χ3v) is 3.90. The fourth-order valence-electron chi connectivity index (χ4n) is 1.80. The molecule has 0 saturated carbocycles. The number of nitrogens with zero attached hydrogens (tertiary/aromatic N) is 3. The molecule has 0 aliphatic heterocycles. The first-order chi connectivity index (χ1) is 11.2. The van der Waals surface area contributed by atoms with Gasteiger partial charge in [0.15, 0.2) is 6.61 Å². The largest absolute Gasteiger partial charge is 0.386 e. The van der Waals surface area contributed by atoms with Crippen molar-refractivity contribution >= 4 is 33.7 Å². The van der Waals surface area contributed by atoms with Gasteiger partial charge in [-0.25, -0.2) is 0 Å². The molecule has 0 aliphatic rings. The van der Waals surface area contributed by atoms with Crippen LogP contribution in [0.5, 0.6) is 0 Å². The Labute approximate surface area is 146 Å². The first-order valence-corrected chi connectivity index (χ1v) is 7.88. The molecule has 0 fully saturated rings. The van der Waals surface area contributed by atoms with Gasteiger partial charge in [-0.05, 0) is 30.3 Å². The second-order valence-electron chi connectivity index (χ2n) is 4.55. The molecule has 116 valence electrons. The molecule has 23 heavy (non-hydrogen) atoms. The second-order valence-corrected chi connectivity index (χ2v) is 5.84. The van der Waals surface area contributed by atoms with E-state index in [4.69, 9.17) is 21.0 Å². The van der Waals surface area contributed by atoms with Gasteiger partial charge in [0.05, 0.1) is 6.21 Å². The summed E-state index contributed by atoms with van der Waals surface area (Å²) in [6, 6.07) is 14.9. The van der Waals surface area contributed by atoms with Crippen molar-refractivity contribution in [1.82, 2.24) is 10.1 Å². The number of aromatic nitrogens is 2. The standard InChI is InChI=1S/C16H11BrClN3O2/c17-14-4-2-1-3-12(14)9-19-22-10-15-20-16(21-23-15)11-5-7-13(18)8-6-11/h1-9H,10H2/b19-9-. The third kappa shape index (κ3) is 4.18. The monoisotopic (exact) mass is 391 g/mol. The predicted octanol–water partition coefficient (Wildman–Crippen LogP) is 4.70. The van der Waals surface area contributed by atoms with Gasteiger partial charge in [0.25, 0.3) is 5.89 Å². The Morgan fingerprint density at radius 3 is 2.74 bits per heavy atom. The zero-order chi connectivity index (χ0) is 16.1. The Kier molecular flexibility index (Phi) is 5.05. The molecule has 0 unspecified atom stereocenters. The van der Waals surface area contributed by atoms with Crippen LogP contribution in [-0.2, 0) is 11.4 Å². The average molecular weight is 393 g/mol. The van der Waals surface area contributed by atoms with Crippen molar-refractivity contribution in [2.24, 2.45) is 5.16 Å². The zero-order valence-electron chi connectivity index (χ0n) is 11.8. The summed E-state index contributed by atoms with van der Waals surface area (Å²) in [5.74, 6) is 0.828. The lowest BCUT2D eigenvalue weighted by Crippen LogP contribution is -1.89. The lowest BCUT2D eigenvalue weighted by atomic mass is 10.2. The van der Waals surface area contributed by atoms with Gasteiger partial charge in [-0.15, -0.1) is 0 Å². The van der Waals surface area contributed by atoms with Crippen LogP contribution in [0.2, 0.25) is 5.02 Å². The van der Waals surface area contributed by atoms with Crippen molar-refractivity contribution in [3.05, 3.63) is 69.5 Å². The molecule has 0 N–H and O–H groups in total. The first-order valence-electron chi connectivity index (χ1n) is 6.71. The van der Waals surface area contributed by atoms with Crippen LogP contribution in [0, 0.1) is 0 Å². The van der Waals surface area contributed by atoms with Gasteiger partial charge in [0, 0.05) is 20.6 Å². The molecule has 3 aromatic rings. The SMILES string of the molecule is Clc1ccc(-c2noc(CO/N=C\c3ccccc3Br)n2)cc1. The van der Waals surface area contributed by atoms with E-state index < -0.39 is 0 Å². The Morgan fingerprint density at radius 1 is 1.17 bits per heavy atom. The van der Waals surface area contributed by atoms with Gasteiger partial charge in [-0.3, -0.25) is 0 Å². The molecule has 5 nitrogen and oxygen atoms in total. The molecule has 2 aromatic carbocycles. The van der Waals surface area contributed by atoms with Crippen LogP contribution >= 0.6 is 27.5 Å². The number of oxime groups is 1. The molecule has 3 rings (SSSR count). The fourth-order valence-corrected chi connectivity index (χ4v) is 2.31. The Balaban J connectivity index is 1.59. The molecule has 0 aliphatic carbocycles. The average Bonchev–Trinajstić information content (AvgIpc) is 3.03. The zero-order valence-corrected chi connectivity index (χ0v) is 14.2. The van der Waals surface area contributed by atoms with Crippen LogP contribution in [0.1, 0.15) is 11.5 Å². The van der Waals surface area contributed by atoms with Crippen LogP contribution in [-0.4, -0.2) is 16.4 Å². The fraction of sp³-hybridized carbons (Fsp3) is 0.0625. The van der Waals surface area contributed by atoms with Crippen molar-refractivity contribution in [2.75, 3.05) is 0 Å². The van der Waals surface area contributed by atoms with Gasteiger partial charge < -0.3 is 9.36 Å². The summed E-state index contributed by atoms with van der Waals surface area (Å²) in [7, 11) is 0. The molecular weight excluding hydrogens is 382 g/mol. The van der Waals surface area contributed by atoms with Crippen molar-refractivity contribution in [2.45, 2.75) is 6.61 Å². The van der Waals surface area contributed by atoms with Crippen LogP contribution in [0.4, 0.5) is 0 Å². The number of halogens is 2. The van der Waals surface area contributed by atoms with E-state index in [1.807, 2.05) is 36.4 Å². The van der Waals surface area contributed by atoms with Crippen molar-refractivity contribution in [3.8, 4) is 11.4 Å². The van der Waals surface area contributed by atoms with Gasteiger partial charge in [0.2, 0.25) is 5.82 Å². The summed E-state index contributed by atoms with van der Waals surface area (Å²) < 4.78 is 6.06. The molecule has 0 saturated heterocycles. The number of hydrogen-bond donors (Lipinski definition) is 0. The summed E-state index contributed by atoms with van der Waals surface area (Å²) in [4.78, 5) is 9.42. The van der Waals surface area contributed by atoms with Crippen LogP contribution in [0.3, 0.4) is 0 Å². The number of hydrogen-bond acceptors (Lipinski definition) is 5. The highest BCUT2D eigenvalue weighted by Crippen LogP contribution is 2.19. The minimum Gasteiger partial charge on any atom is -0.386 e. The summed E-state index contributed by atoms with van der Waals surface area (Å²) in [5.41, 5.74) is 1.74. The molecule has 0 bridgehead atoms. The quantitative estimate of drug-likeness (QED) is 0.466. The van der Waals surface area contributed by atoms with E-state index in [9.17, 15) is 0 Å². The van der Waals surface area contributed by atoms with Crippen molar-refractivity contribution < 1.29 is 9.36 Å². The molecule has 0 atom stereocenters. The Morgan fingerprint density at radius 2 is 1.96 bits per heavy atom. The lowest BCUT2D eigenvalue weighted by molar-refractivity contribution is 0.107. The van der Waals surface area contributed by atoms with Gasteiger partial charge >= 0.3 is 0 Å². The maximum atomic E-state index is 5.85. The van der Waals surface area contributed by atoms with E-state index in [0.29, 0.717) is 16.7 Å². The van der Waals surface area contributed by atoms with Gasteiger partial charge in [0.1, 0.15) is 0 Å². The maximum Gasteiger partial charge on any atom is 0.267 e. The minimum absolute atomic E-state index is 0.0988.